The average Bonchev–Trinajstić information content (AvgIpc) is 2.43. The fourth-order valence-electron chi connectivity index (χ4n) is 1.79. The van der Waals surface area contributed by atoms with Crippen LogP contribution in [-0.4, -0.2) is 21.0 Å². The van der Waals surface area contributed by atoms with Crippen molar-refractivity contribution in [3.8, 4) is 11.8 Å². The van der Waals surface area contributed by atoms with Crippen LogP contribution in [0.5, 0.6) is 11.8 Å². The minimum atomic E-state index is -0.0885. The van der Waals surface area contributed by atoms with Crippen molar-refractivity contribution in [3.05, 3.63) is 46.8 Å². The maximum absolute atomic E-state index is 8.65. The van der Waals surface area contributed by atoms with E-state index in [1.807, 2.05) is 26.8 Å². The zero-order chi connectivity index (χ0) is 14.7. The summed E-state index contributed by atoms with van der Waals surface area (Å²) >= 11 is 0. The van der Waals surface area contributed by atoms with Crippen LogP contribution in [0.4, 0.5) is 0 Å². The maximum Gasteiger partial charge on any atom is 0.322 e. The summed E-state index contributed by atoms with van der Waals surface area (Å²) in [6.45, 7) is 5.98. The average molecular weight is 272 g/mol. The number of rotatable bonds is 3. The van der Waals surface area contributed by atoms with Crippen LogP contribution in [0.15, 0.2) is 29.6 Å². The first-order valence-electron chi connectivity index (χ1n) is 6.08. The predicted octanol–water partition coefficient (Wildman–Crippen LogP) is 2.29. The van der Waals surface area contributed by atoms with Crippen molar-refractivity contribution in [2.75, 3.05) is 0 Å². The Labute approximate surface area is 116 Å². The van der Waals surface area contributed by atoms with E-state index in [-0.39, 0.29) is 11.8 Å². The van der Waals surface area contributed by atoms with Crippen LogP contribution >= 0.6 is 0 Å². The van der Waals surface area contributed by atoms with Crippen molar-refractivity contribution in [1.82, 2.24) is 9.97 Å². The molecule has 0 aliphatic heterocycles. The molecule has 1 heterocycles. The third kappa shape index (κ3) is 2.85. The third-order valence-electron chi connectivity index (χ3n) is 2.97. The lowest BCUT2D eigenvalue weighted by Crippen LogP contribution is -2.15. The van der Waals surface area contributed by atoms with Crippen LogP contribution in [0.1, 0.15) is 22.4 Å². The minimum Gasteiger partial charge on any atom is -0.424 e. The Balaban J connectivity index is 2.36. The number of aromatic nitrogens is 2. The molecule has 0 aliphatic carbocycles. The van der Waals surface area contributed by atoms with Gasteiger partial charge >= 0.3 is 6.01 Å². The van der Waals surface area contributed by atoms with Crippen LogP contribution in [-0.2, 0) is 0 Å². The van der Waals surface area contributed by atoms with Gasteiger partial charge in [-0.3, -0.25) is 0 Å². The Kier molecular flexibility index (Phi) is 3.84. The molecule has 0 saturated carbocycles. The first kappa shape index (κ1) is 13.8. The van der Waals surface area contributed by atoms with E-state index in [0.29, 0.717) is 11.4 Å². The zero-order valence-corrected chi connectivity index (χ0v) is 11.6. The molecule has 0 aliphatic rings. The first-order valence-corrected chi connectivity index (χ1v) is 6.08. The van der Waals surface area contributed by atoms with Gasteiger partial charge in [0.1, 0.15) is 11.4 Å². The molecular formula is C14H16N4O2. The van der Waals surface area contributed by atoms with Crippen LogP contribution in [0.25, 0.3) is 0 Å². The number of aryl methyl sites for hydroxylation is 2. The molecule has 0 saturated heterocycles. The van der Waals surface area contributed by atoms with Gasteiger partial charge in [-0.2, -0.15) is 4.98 Å². The molecule has 6 nitrogen and oxygen atoms in total. The molecule has 20 heavy (non-hydrogen) atoms. The Hall–Kier alpha value is -2.63. The molecule has 0 bridgehead atoms. The number of hydrogen-bond donors (Lipinski definition) is 2. The predicted molar refractivity (Wildman–Crippen MR) is 75.3 cm³/mol. The number of ether oxygens (including phenoxy) is 1. The summed E-state index contributed by atoms with van der Waals surface area (Å²) in [7, 11) is 0. The second-order valence-electron chi connectivity index (χ2n) is 4.52. The van der Waals surface area contributed by atoms with Gasteiger partial charge in [0.25, 0.3) is 0 Å². The Morgan fingerprint density at radius 3 is 2.75 bits per heavy atom. The molecule has 1 aromatic heterocycles. The van der Waals surface area contributed by atoms with Crippen molar-refractivity contribution < 1.29 is 9.94 Å². The van der Waals surface area contributed by atoms with Crippen LogP contribution in [0.2, 0.25) is 0 Å². The Morgan fingerprint density at radius 2 is 2.05 bits per heavy atom. The Morgan fingerprint density at radius 1 is 1.30 bits per heavy atom. The third-order valence-corrected chi connectivity index (χ3v) is 2.97. The molecule has 0 unspecified atom stereocenters. The topological polar surface area (TPSA) is 93.6 Å². The van der Waals surface area contributed by atoms with Crippen LogP contribution in [0, 0.1) is 20.8 Å². The molecule has 0 spiro atoms. The molecule has 2 rings (SSSR count). The number of amidine groups is 1. The van der Waals surface area contributed by atoms with Gasteiger partial charge < -0.3 is 15.7 Å². The molecule has 3 N–H and O–H groups in total. The van der Waals surface area contributed by atoms with E-state index < -0.39 is 0 Å². The molecule has 0 amide bonds. The zero-order valence-electron chi connectivity index (χ0n) is 11.6. The van der Waals surface area contributed by atoms with Crippen LogP contribution < -0.4 is 10.5 Å². The van der Waals surface area contributed by atoms with Gasteiger partial charge in [0, 0.05) is 6.20 Å². The quantitative estimate of drug-likeness (QED) is 0.387. The number of oxime groups is 1. The number of nitrogens with zero attached hydrogens (tertiary/aromatic N) is 3. The van der Waals surface area contributed by atoms with Gasteiger partial charge in [0.2, 0.25) is 0 Å². The monoisotopic (exact) mass is 272 g/mol. The van der Waals surface area contributed by atoms with Crippen molar-refractivity contribution in [1.29, 1.82) is 0 Å². The van der Waals surface area contributed by atoms with E-state index in [9.17, 15) is 0 Å². The summed E-state index contributed by atoms with van der Waals surface area (Å²) in [4.78, 5) is 8.12. The summed E-state index contributed by atoms with van der Waals surface area (Å²) in [5, 5.41) is 11.5. The molecule has 0 fully saturated rings. The lowest BCUT2D eigenvalue weighted by molar-refractivity contribution is 0.318. The summed E-state index contributed by atoms with van der Waals surface area (Å²) in [6, 6.07) is 5.69. The lowest BCUT2D eigenvalue weighted by atomic mass is 10.1. The highest BCUT2D eigenvalue weighted by atomic mass is 16.5. The highest BCUT2D eigenvalue weighted by Gasteiger charge is 2.09. The van der Waals surface area contributed by atoms with Gasteiger partial charge in [-0.05, 0) is 49.6 Å². The molecule has 0 atom stereocenters. The summed E-state index contributed by atoms with van der Waals surface area (Å²) < 4.78 is 5.69. The van der Waals surface area contributed by atoms with Gasteiger partial charge in [0.05, 0.1) is 0 Å². The second kappa shape index (κ2) is 5.56. The molecule has 104 valence electrons. The van der Waals surface area contributed by atoms with E-state index >= 15 is 0 Å². The van der Waals surface area contributed by atoms with Crippen LogP contribution in [0.3, 0.4) is 0 Å². The largest absolute Gasteiger partial charge is 0.424 e. The van der Waals surface area contributed by atoms with E-state index in [4.69, 9.17) is 15.7 Å². The Bertz CT molecular complexity index is 668. The highest BCUT2D eigenvalue weighted by molar-refractivity contribution is 5.95. The van der Waals surface area contributed by atoms with Crippen molar-refractivity contribution >= 4 is 5.84 Å². The SMILES string of the molecule is Cc1cc(C)c(C)c(Oc2nccc(/C(N)=N/O)n2)c1. The fourth-order valence-corrected chi connectivity index (χ4v) is 1.79. The van der Waals surface area contributed by atoms with Gasteiger partial charge in [-0.1, -0.05) is 11.2 Å². The highest BCUT2D eigenvalue weighted by Crippen LogP contribution is 2.26. The second-order valence-corrected chi connectivity index (χ2v) is 4.52. The first-order chi connectivity index (χ1) is 9.51. The lowest BCUT2D eigenvalue weighted by Gasteiger charge is -2.11. The standard InChI is InChI=1S/C14H16N4O2/c1-8-6-9(2)10(3)12(7-8)20-14-16-5-4-11(17-14)13(15)18-19/h4-7,19H,1-3H3,(H2,15,18). The summed E-state index contributed by atoms with van der Waals surface area (Å²) in [6.07, 6.45) is 1.49. The van der Waals surface area contributed by atoms with Crippen molar-refractivity contribution in [2.45, 2.75) is 20.8 Å². The van der Waals surface area contributed by atoms with Crippen molar-refractivity contribution in [2.24, 2.45) is 10.9 Å². The summed E-state index contributed by atoms with van der Waals surface area (Å²) in [5.74, 6) is 0.605. The van der Waals surface area contributed by atoms with Gasteiger partial charge in [-0.15, -0.1) is 0 Å². The van der Waals surface area contributed by atoms with Gasteiger partial charge in [0.15, 0.2) is 5.84 Å². The molecule has 0 radical (unpaired) electrons. The van der Waals surface area contributed by atoms with E-state index in [2.05, 4.69) is 21.2 Å². The van der Waals surface area contributed by atoms with E-state index in [1.54, 1.807) is 0 Å². The number of hydrogen-bond acceptors (Lipinski definition) is 5. The fraction of sp³-hybridized carbons (Fsp3) is 0.214. The smallest absolute Gasteiger partial charge is 0.322 e. The summed E-state index contributed by atoms with van der Waals surface area (Å²) in [5.41, 5.74) is 9.04. The normalized spacial score (nSPS) is 11.4. The molecule has 1 aromatic carbocycles. The molecule has 6 heteroatoms. The maximum atomic E-state index is 8.65. The minimum absolute atomic E-state index is 0.0885. The molecular weight excluding hydrogens is 256 g/mol. The van der Waals surface area contributed by atoms with E-state index in [0.717, 1.165) is 16.7 Å². The number of nitrogens with two attached hydrogens (primary N) is 1. The van der Waals surface area contributed by atoms with Crippen molar-refractivity contribution in [3.63, 3.8) is 0 Å². The van der Waals surface area contributed by atoms with E-state index in [1.165, 1.54) is 12.3 Å². The molecule has 2 aromatic rings. The number of benzene rings is 1. The van der Waals surface area contributed by atoms with Gasteiger partial charge in [-0.25, -0.2) is 4.98 Å².